The van der Waals surface area contributed by atoms with E-state index in [4.69, 9.17) is 4.98 Å². The zero-order valence-electron chi connectivity index (χ0n) is 23.5. The third-order valence-corrected chi connectivity index (χ3v) is 8.06. The third-order valence-electron chi connectivity index (χ3n) is 8.06. The van der Waals surface area contributed by atoms with Gasteiger partial charge in [-0.25, -0.2) is 4.98 Å². The Morgan fingerprint density at radius 3 is 2.07 bits per heavy atom. The predicted molar refractivity (Wildman–Crippen MR) is 168 cm³/mol. The summed E-state index contributed by atoms with van der Waals surface area (Å²) in [6, 6.07) is 39.1. The van der Waals surface area contributed by atoms with Crippen LogP contribution in [0.4, 0.5) is 5.69 Å². The third kappa shape index (κ3) is 5.86. The Kier molecular flexibility index (Phi) is 8.06. The van der Waals surface area contributed by atoms with Gasteiger partial charge in [-0.2, -0.15) is 0 Å². The summed E-state index contributed by atoms with van der Waals surface area (Å²) < 4.78 is 0. The molecule has 1 aromatic heterocycles. The molecule has 2 heterocycles. The largest absolute Gasteiger partial charge is 0.369 e. The van der Waals surface area contributed by atoms with Gasteiger partial charge in [-0.05, 0) is 30.2 Å². The van der Waals surface area contributed by atoms with Gasteiger partial charge in [-0.3, -0.25) is 9.69 Å². The van der Waals surface area contributed by atoms with E-state index in [2.05, 4.69) is 76.6 Å². The van der Waals surface area contributed by atoms with Crippen LogP contribution in [0.2, 0.25) is 0 Å². The zero-order valence-corrected chi connectivity index (χ0v) is 23.5. The molecule has 0 unspecified atom stereocenters. The number of aromatic nitrogens is 1. The van der Waals surface area contributed by atoms with Gasteiger partial charge in [0.25, 0.3) is 5.91 Å². The van der Waals surface area contributed by atoms with Crippen LogP contribution in [0.15, 0.2) is 115 Å². The number of hydrogen-bond donors (Lipinski definition) is 1. The van der Waals surface area contributed by atoms with Crippen molar-refractivity contribution in [3.05, 3.63) is 132 Å². The van der Waals surface area contributed by atoms with Crippen molar-refractivity contribution in [2.24, 2.45) is 0 Å². The zero-order chi connectivity index (χ0) is 28.0. The van der Waals surface area contributed by atoms with Crippen molar-refractivity contribution < 1.29 is 4.79 Å². The second kappa shape index (κ2) is 12.4. The lowest BCUT2D eigenvalue weighted by atomic mass is 9.94. The first-order valence-corrected chi connectivity index (χ1v) is 14.6. The molecule has 5 aromatic rings. The summed E-state index contributed by atoms with van der Waals surface area (Å²) in [5.41, 5.74) is 6.84. The fourth-order valence-electron chi connectivity index (χ4n) is 5.86. The van der Waals surface area contributed by atoms with E-state index in [0.29, 0.717) is 6.54 Å². The highest BCUT2D eigenvalue weighted by Gasteiger charge is 2.26. The normalized spacial score (nSPS) is 14.6. The molecule has 4 aromatic carbocycles. The Morgan fingerprint density at radius 1 is 0.780 bits per heavy atom. The number of para-hydroxylation sites is 2. The van der Waals surface area contributed by atoms with Gasteiger partial charge in [-0.1, -0.05) is 104 Å². The minimum atomic E-state index is -0.0712. The molecular formula is C36H36N4O. The number of amides is 1. The summed E-state index contributed by atoms with van der Waals surface area (Å²) in [5, 5.41) is 4.28. The van der Waals surface area contributed by atoms with Crippen LogP contribution in [0, 0.1) is 0 Å². The summed E-state index contributed by atoms with van der Waals surface area (Å²) in [5.74, 6) is -0.0468. The first-order valence-electron chi connectivity index (χ1n) is 14.6. The molecule has 1 fully saturated rings. The molecule has 0 saturated carbocycles. The van der Waals surface area contributed by atoms with Crippen molar-refractivity contribution in [1.82, 2.24) is 15.2 Å². The minimum Gasteiger partial charge on any atom is -0.369 e. The van der Waals surface area contributed by atoms with Crippen molar-refractivity contribution in [3.8, 4) is 11.3 Å². The smallest absolute Gasteiger partial charge is 0.252 e. The first-order chi connectivity index (χ1) is 20.2. The van der Waals surface area contributed by atoms with Gasteiger partial charge >= 0.3 is 0 Å². The molecule has 5 heteroatoms. The van der Waals surface area contributed by atoms with Crippen LogP contribution in [-0.4, -0.2) is 42.0 Å². The highest BCUT2D eigenvalue weighted by atomic mass is 16.1. The minimum absolute atomic E-state index is 0.0468. The standard InChI is InChI=1S/C36H36N4O/c1-2-32(27-14-6-3-7-15-27)38-36(41)34-30-20-12-13-21-33(30)37-35(28-16-8-4-9-17-28)31(34)26-39-22-24-40(25-23-39)29-18-10-5-11-19-29/h3-21,32H,2,22-26H2,1H3,(H,38,41)/t32-/m0/s1. The Hall–Kier alpha value is -4.48. The number of benzene rings is 4. The van der Waals surface area contributed by atoms with Gasteiger partial charge in [0.15, 0.2) is 0 Å². The summed E-state index contributed by atoms with van der Waals surface area (Å²) in [7, 11) is 0. The van der Waals surface area contributed by atoms with Gasteiger partial charge in [-0.15, -0.1) is 0 Å². The second-order valence-corrected chi connectivity index (χ2v) is 10.6. The summed E-state index contributed by atoms with van der Waals surface area (Å²) in [6.45, 7) is 6.50. The maximum absolute atomic E-state index is 14.3. The first kappa shape index (κ1) is 26.7. The molecule has 0 radical (unpaired) electrons. The van der Waals surface area contributed by atoms with Crippen LogP contribution in [-0.2, 0) is 6.54 Å². The summed E-state index contributed by atoms with van der Waals surface area (Å²) >= 11 is 0. The Balaban J connectivity index is 1.39. The molecule has 41 heavy (non-hydrogen) atoms. The number of rotatable bonds is 8. The monoisotopic (exact) mass is 540 g/mol. The number of hydrogen-bond acceptors (Lipinski definition) is 4. The molecule has 1 amide bonds. The lowest BCUT2D eigenvalue weighted by Gasteiger charge is -2.36. The van der Waals surface area contributed by atoms with E-state index >= 15 is 0 Å². The Morgan fingerprint density at radius 2 is 1.39 bits per heavy atom. The molecule has 6 rings (SSSR count). The van der Waals surface area contributed by atoms with Crippen molar-refractivity contribution in [3.63, 3.8) is 0 Å². The predicted octanol–water partition coefficient (Wildman–Crippen LogP) is 7.11. The van der Waals surface area contributed by atoms with Crippen LogP contribution in [0.25, 0.3) is 22.2 Å². The highest BCUT2D eigenvalue weighted by Crippen LogP contribution is 2.32. The second-order valence-electron chi connectivity index (χ2n) is 10.6. The fraction of sp³-hybridized carbons (Fsp3) is 0.222. The molecule has 0 bridgehead atoms. The molecule has 1 N–H and O–H groups in total. The van der Waals surface area contributed by atoms with Gasteiger partial charge in [0.2, 0.25) is 0 Å². The number of pyridine rings is 1. The van der Waals surface area contributed by atoms with Gasteiger partial charge in [0, 0.05) is 54.9 Å². The SMILES string of the molecule is CC[C@H](NC(=O)c1c(CN2CCN(c3ccccc3)CC2)c(-c2ccccc2)nc2ccccc12)c1ccccc1. The van der Waals surface area contributed by atoms with E-state index < -0.39 is 0 Å². The molecule has 1 saturated heterocycles. The van der Waals surface area contributed by atoms with E-state index in [0.717, 1.165) is 71.5 Å². The lowest BCUT2D eigenvalue weighted by Crippen LogP contribution is -2.46. The van der Waals surface area contributed by atoms with Crippen molar-refractivity contribution in [2.75, 3.05) is 31.1 Å². The van der Waals surface area contributed by atoms with Crippen molar-refractivity contribution >= 4 is 22.5 Å². The molecule has 206 valence electrons. The number of nitrogens with one attached hydrogen (secondary N) is 1. The van der Waals surface area contributed by atoms with Gasteiger partial charge < -0.3 is 10.2 Å². The summed E-state index contributed by atoms with van der Waals surface area (Å²) in [4.78, 5) is 24.4. The number of fused-ring (bicyclic) bond motifs is 1. The number of carbonyl (C=O) groups excluding carboxylic acids is 1. The van der Waals surface area contributed by atoms with Crippen LogP contribution in [0.3, 0.4) is 0 Å². The van der Waals surface area contributed by atoms with Gasteiger partial charge in [0.1, 0.15) is 0 Å². The van der Waals surface area contributed by atoms with E-state index in [-0.39, 0.29) is 11.9 Å². The highest BCUT2D eigenvalue weighted by molar-refractivity contribution is 6.09. The average molecular weight is 541 g/mol. The van der Waals surface area contributed by atoms with Gasteiger partial charge in [0.05, 0.1) is 22.8 Å². The number of carbonyl (C=O) groups is 1. The van der Waals surface area contributed by atoms with Crippen LogP contribution < -0.4 is 10.2 Å². The Bertz CT molecular complexity index is 1600. The summed E-state index contributed by atoms with van der Waals surface area (Å²) in [6.07, 6.45) is 0.807. The molecular weight excluding hydrogens is 504 g/mol. The topological polar surface area (TPSA) is 48.5 Å². The van der Waals surface area contributed by atoms with Crippen molar-refractivity contribution in [2.45, 2.75) is 25.9 Å². The molecule has 1 aliphatic heterocycles. The average Bonchev–Trinajstić information content (AvgIpc) is 3.04. The van der Waals surface area contributed by atoms with E-state index in [1.54, 1.807) is 0 Å². The van der Waals surface area contributed by atoms with Crippen LogP contribution in [0.5, 0.6) is 0 Å². The van der Waals surface area contributed by atoms with Crippen molar-refractivity contribution in [1.29, 1.82) is 0 Å². The molecule has 0 spiro atoms. The lowest BCUT2D eigenvalue weighted by molar-refractivity contribution is 0.0935. The Labute approximate surface area is 242 Å². The maximum Gasteiger partial charge on any atom is 0.252 e. The van der Waals surface area contributed by atoms with E-state index in [1.165, 1.54) is 5.69 Å². The van der Waals surface area contributed by atoms with Crippen LogP contribution in [0.1, 0.15) is 40.9 Å². The van der Waals surface area contributed by atoms with Crippen LogP contribution >= 0.6 is 0 Å². The molecule has 5 nitrogen and oxygen atoms in total. The van der Waals surface area contributed by atoms with E-state index in [1.807, 2.05) is 60.7 Å². The quantitative estimate of drug-likeness (QED) is 0.228. The number of nitrogens with zero attached hydrogens (tertiary/aromatic N) is 3. The number of piperazine rings is 1. The molecule has 0 aliphatic carbocycles. The maximum atomic E-state index is 14.3. The molecule has 1 aliphatic rings. The fourth-order valence-corrected chi connectivity index (χ4v) is 5.86. The molecule has 1 atom stereocenters. The number of anilines is 1. The van der Waals surface area contributed by atoms with E-state index in [9.17, 15) is 4.79 Å².